The summed E-state index contributed by atoms with van der Waals surface area (Å²) in [5, 5.41) is 11.8. The molecule has 0 spiro atoms. The van der Waals surface area contributed by atoms with E-state index >= 15 is 0 Å². The van der Waals surface area contributed by atoms with Crippen molar-refractivity contribution in [2.75, 3.05) is 20.1 Å². The topological polar surface area (TPSA) is 52.6 Å². The smallest absolute Gasteiger partial charge is 0.390 e. The van der Waals surface area contributed by atoms with Crippen LogP contribution in [0.5, 0.6) is 0 Å². The molecule has 100 valence electrons. The van der Waals surface area contributed by atoms with Crippen LogP contribution in [-0.4, -0.2) is 54.4 Å². The summed E-state index contributed by atoms with van der Waals surface area (Å²) >= 11 is 0. The fraction of sp³-hybridized carbons (Fsp3) is 0.900. The van der Waals surface area contributed by atoms with E-state index in [0.717, 1.165) is 12.8 Å². The number of rotatable bonds is 7. The highest BCUT2D eigenvalue weighted by atomic mass is 19.4. The van der Waals surface area contributed by atoms with Crippen molar-refractivity contribution in [1.82, 2.24) is 10.2 Å². The molecule has 0 aromatic carbocycles. The van der Waals surface area contributed by atoms with Crippen LogP contribution in [0.4, 0.5) is 13.2 Å². The summed E-state index contributed by atoms with van der Waals surface area (Å²) < 4.78 is 35.9. The minimum atomic E-state index is -4.20. The SMILES string of the molecule is CN(CCC(F)(F)F)CC(NC1CC1)C(=O)O. The summed E-state index contributed by atoms with van der Waals surface area (Å²) in [7, 11) is 1.50. The number of alkyl halides is 3. The molecule has 1 atom stereocenters. The Morgan fingerprint density at radius 2 is 2.12 bits per heavy atom. The van der Waals surface area contributed by atoms with Crippen LogP contribution in [0.3, 0.4) is 0 Å². The van der Waals surface area contributed by atoms with Gasteiger partial charge in [-0.1, -0.05) is 0 Å². The Balaban J connectivity index is 2.30. The Bertz CT molecular complexity index is 267. The first-order chi connectivity index (χ1) is 7.78. The number of carboxylic acids is 1. The molecule has 0 amide bonds. The van der Waals surface area contributed by atoms with Crippen molar-refractivity contribution in [3.63, 3.8) is 0 Å². The molecule has 17 heavy (non-hydrogen) atoms. The molecule has 1 unspecified atom stereocenters. The van der Waals surface area contributed by atoms with Crippen molar-refractivity contribution >= 4 is 5.97 Å². The third-order valence-electron chi connectivity index (χ3n) is 2.58. The molecule has 1 rings (SSSR count). The maximum atomic E-state index is 12.0. The number of likely N-dealkylation sites (N-methyl/N-ethyl adjacent to an activating group) is 1. The molecule has 4 nitrogen and oxygen atoms in total. The highest BCUT2D eigenvalue weighted by molar-refractivity contribution is 5.73. The highest BCUT2D eigenvalue weighted by Crippen LogP contribution is 2.21. The lowest BCUT2D eigenvalue weighted by atomic mass is 10.2. The molecule has 0 saturated heterocycles. The number of halogens is 3. The van der Waals surface area contributed by atoms with E-state index in [9.17, 15) is 18.0 Å². The van der Waals surface area contributed by atoms with Gasteiger partial charge in [-0.2, -0.15) is 13.2 Å². The maximum Gasteiger partial charge on any atom is 0.390 e. The second kappa shape index (κ2) is 5.68. The lowest BCUT2D eigenvalue weighted by Crippen LogP contribution is -2.46. The first-order valence-corrected chi connectivity index (χ1v) is 5.52. The molecule has 1 aliphatic carbocycles. The Morgan fingerprint density at radius 3 is 2.53 bits per heavy atom. The highest BCUT2D eigenvalue weighted by Gasteiger charge is 2.30. The summed E-state index contributed by atoms with van der Waals surface area (Å²) in [5.41, 5.74) is 0. The van der Waals surface area contributed by atoms with E-state index in [0.29, 0.717) is 0 Å². The van der Waals surface area contributed by atoms with Crippen LogP contribution in [0.25, 0.3) is 0 Å². The zero-order valence-corrected chi connectivity index (χ0v) is 9.63. The third kappa shape index (κ3) is 6.48. The van der Waals surface area contributed by atoms with Crippen LogP contribution in [0.15, 0.2) is 0 Å². The summed E-state index contributed by atoms with van der Waals surface area (Å²) in [4.78, 5) is 12.3. The van der Waals surface area contributed by atoms with Crippen molar-refractivity contribution in [3.05, 3.63) is 0 Å². The van der Waals surface area contributed by atoms with E-state index in [4.69, 9.17) is 5.11 Å². The molecular weight excluding hydrogens is 237 g/mol. The van der Waals surface area contributed by atoms with E-state index < -0.39 is 24.6 Å². The lowest BCUT2D eigenvalue weighted by molar-refractivity contribution is -0.141. The summed E-state index contributed by atoms with van der Waals surface area (Å²) in [6.45, 7) is -0.0957. The Labute approximate surface area is 97.8 Å². The van der Waals surface area contributed by atoms with E-state index in [1.807, 2.05) is 0 Å². The molecule has 0 heterocycles. The quantitative estimate of drug-likeness (QED) is 0.713. The van der Waals surface area contributed by atoms with E-state index in [1.54, 1.807) is 0 Å². The Kier molecular flexibility index (Phi) is 4.76. The standard InChI is InChI=1S/C10H17F3N2O2/c1-15(5-4-10(11,12)13)6-8(9(16)17)14-7-2-3-7/h7-8,14H,2-6H2,1H3,(H,16,17). The van der Waals surface area contributed by atoms with Gasteiger partial charge in [-0.3, -0.25) is 4.79 Å². The number of carbonyl (C=O) groups is 1. The van der Waals surface area contributed by atoms with Gasteiger partial charge in [0.15, 0.2) is 0 Å². The van der Waals surface area contributed by atoms with Crippen molar-refractivity contribution in [2.45, 2.75) is 37.5 Å². The van der Waals surface area contributed by atoms with Crippen molar-refractivity contribution in [1.29, 1.82) is 0 Å². The zero-order valence-electron chi connectivity index (χ0n) is 9.63. The van der Waals surface area contributed by atoms with Crippen LogP contribution in [0.2, 0.25) is 0 Å². The Morgan fingerprint density at radius 1 is 1.53 bits per heavy atom. The van der Waals surface area contributed by atoms with Gasteiger partial charge in [0.25, 0.3) is 0 Å². The van der Waals surface area contributed by atoms with Crippen LogP contribution >= 0.6 is 0 Å². The number of hydrogen-bond donors (Lipinski definition) is 2. The first kappa shape index (κ1) is 14.2. The summed E-state index contributed by atoms with van der Waals surface area (Å²) in [6.07, 6.45) is -3.23. The largest absolute Gasteiger partial charge is 0.480 e. The van der Waals surface area contributed by atoms with E-state index in [2.05, 4.69) is 5.32 Å². The van der Waals surface area contributed by atoms with Crippen LogP contribution in [0.1, 0.15) is 19.3 Å². The number of nitrogens with zero attached hydrogens (tertiary/aromatic N) is 1. The van der Waals surface area contributed by atoms with Gasteiger partial charge in [-0.25, -0.2) is 0 Å². The van der Waals surface area contributed by atoms with Crippen LogP contribution < -0.4 is 5.32 Å². The molecule has 1 saturated carbocycles. The maximum absolute atomic E-state index is 12.0. The molecular formula is C10H17F3N2O2. The number of nitrogens with one attached hydrogen (secondary N) is 1. The fourth-order valence-electron chi connectivity index (χ4n) is 1.46. The molecule has 0 radical (unpaired) electrons. The number of hydrogen-bond acceptors (Lipinski definition) is 3. The average molecular weight is 254 g/mol. The second-order valence-electron chi connectivity index (χ2n) is 4.46. The van der Waals surface area contributed by atoms with Gasteiger partial charge in [0.1, 0.15) is 6.04 Å². The van der Waals surface area contributed by atoms with Gasteiger partial charge in [-0.15, -0.1) is 0 Å². The minimum Gasteiger partial charge on any atom is -0.480 e. The van der Waals surface area contributed by atoms with Gasteiger partial charge in [0.05, 0.1) is 6.42 Å². The fourth-order valence-corrected chi connectivity index (χ4v) is 1.46. The Hall–Kier alpha value is -0.820. The second-order valence-corrected chi connectivity index (χ2v) is 4.46. The zero-order chi connectivity index (χ0) is 13.1. The molecule has 1 fully saturated rings. The van der Waals surface area contributed by atoms with Crippen molar-refractivity contribution < 1.29 is 23.1 Å². The summed E-state index contributed by atoms with van der Waals surface area (Å²) in [5.74, 6) is -1.02. The molecule has 1 aliphatic rings. The average Bonchev–Trinajstić information content (AvgIpc) is 2.96. The van der Waals surface area contributed by atoms with Gasteiger partial charge in [0, 0.05) is 19.1 Å². The monoisotopic (exact) mass is 254 g/mol. The normalized spacial score (nSPS) is 18.4. The van der Waals surface area contributed by atoms with E-state index in [-0.39, 0.29) is 19.1 Å². The van der Waals surface area contributed by atoms with Gasteiger partial charge < -0.3 is 15.3 Å². The first-order valence-electron chi connectivity index (χ1n) is 5.52. The van der Waals surface area contributed by atoms with Gasteiger partial charge >= 0.3 is 12.1 Å². The van der Waals surface area contributed by atoms with Crippen LogP contribution in [-0.2, 0) is 4.79 Å². The predicted molar refractivity (Wildman–Crippen MR) is 55.8 cm³/mol. The molecule has 0 bridgehead atoms. The van der Waals surface area contributed by atoms with Crippen molar-refractivity contribution in [2.24, 2.45) is 0 Å². The molecule has 0 aromatic rings. The molecule has 0 aliphatic heterocycles. The third-order valence-corrected chi connectivity index (χ3v) is 2.58. The lowest BCUT2D eigenvalue weighted by Gasteiger charge is -2.22. The van der Waals surface area contributed by atoms with Gasteiger partial charge in [0.2, 0.25) is 0 Å². The molecule has 0 aromatic heterocycles. The van der Waals surface area contributed by atoms with E-state index in [1.165, 1.54) is 11.9 Å². The molecule has 7 heteroatoms. The van der Waals surface area contributed by atoms with Gasteiger partial charge in [-0.05, 0) is 19.9 Å². The number of carboxylic acid groups (broad SMARTS) is 1. The predicted octanol–water partition coefficient (Wildman–Crippen LogP) is 1.08. The number of aliphatic carboxylic acids is 1. The minimum absolute atomic E-state index is 0.0852. The molecule has 2 N–H and O–H groups in total. The van der Waals surface area contributed by atoms with Crippen molar-refractivity contribution in [3.8, 4) is 0 Å². The summed E-state index contributed by atoms with van der Waals surface area (Å²) in [6, 6.07) is -0.576. The van der Waals surface area contributed by atoms with Crippen LogP contribution in [0, 0.1) is 0 Å².